The van der Waals surface area contributed by atoms with Crippen molar-refractivity contribution in [3.8, 4) is 22.3 Å². The van der Waals surface area contributed by atoms with Crippen LogP contribution in [0.15, 0.2) is 66.7 Å². The van der Waals surface area contributed by atoms with Gasteiger partial charge in [0, 0.05) is 5.41 Å². The van der Waals surface area contributed by atoms with E-state index in [1.807, 2.05) is 0 Å². The van der Waals surface area contributed by atoms with Gasteiger partial charge in [0.25, 0.3) is 0 Å². The third-order valence-electron chi connectivity index (χ3n) is 5.59. The Bertz CT molecular complexity index is 938. The quantitative estimate of drug-likeness (QED) is 0.453. The molecule has 126 valence electrons. The first-order valence-electron chi connectivity index (χ1n) is 9.14. The van der Waals surface area contributed by atoms with E-state index in [0.717, 1.165) is 0 Å². The number of fused-ring (bicyclic) bond motifs is 3. The van der Waals surface area contributed by atoms with Crippen molar-refractivity contribution in [1.29, 1.82) is 0 Å². The molecule has 3 aromatic carbocycles. The maximum Gasteiger partial charge on any atom is 0.0162 e. The number of hydrogen-bond donors (Lipinski definition) is 0. The highest BCUT2D eigenvalue weighted by Crippen LogP contribution is 2.52. The van der Waals surface area contributed by atoms with Gasteiger partial charge in [-0.25, -0.2) is 0 Å². The normalized spacial score (nSPS) is 14.9. The fourth-order valence-corrected chi connectivity index (χ4v) is 4.32. The molecule has 1 aliphatic rings. The second kappa shape index (κ2) is 5.33. The summed E-state index contributed by atoms with van der Waals surface area (Å²) in [6.07, 6.45) is 0. The van der Waals surface area contributed by atoms with Crippen LogP contribution in [0.4, 0.5) is 0 Å². The molecule has 0 nitrogen and oxygen atoms in total. The van der Waals surface area contributed by atoms with E-state index in [4.69, 9.17) is 0 Å². The van der Waals surface area contributed by atoms with Crippen molar-refractivity contribution >= 4 is 0 Å². The van der Waals surface area contributed by atoms with E-state index in [0.29, 0.717) is 0 Å². The van der Waals surface area contributed by atoms with E-state index in [-0.39, 0.29) is 10.8 Å². The van der Waals surface area contributed by atoms with Gasteiger partial charge in [0.15, 0.2) is 0 Å². The largest absolute Gasteiger partial charge is 0.0622 e. The van der Waals surface area contributed by atoms with Crippen molar-refractivity contribution in [2.24, 2.45) is 0 Å². The molecule has 0 atom stereocenters. The van der Waals surface area contributed by atoms with E-state index in [9.17, 15) is 0 Å². The van der Waals surface area contributed by atoms with Gasteiger partial charge in [0.2, 0.25) is 0 Å². The maximum absolute atomic E-state index is 2.40. The molecule has 0 aromatic heterocycles. The minimum atomic E-state index is 0.0271. The SMILES string of the molecule is CC(C)(C)c1cccc2c1C(C)(C)c1cc(-c3ccccc3)ccc1-2. The Hall–Kier alpha value is -2.34. The molecule has 1 aliphatic carbocycles. The zero-order valence-corrected chi connectivity index (χ0v) is 15.9. The van der Waals surface area contributed by atoms with Crippen molar-refractivity contribution in [3.05, 3.63) is 83.4 Å². The van der Waals surface area contributed by atoms with E-state index < -0.39 is 0 Å². The van der Waals surface area contributed by atoms with Crippen molar-refractivity contribution in [3.63, 3.8) is 0 Å². The Kier molecular flexibility index (Phi) is 3.44. The molecule has 0 spiro atoms. The molecule has 4 rings (SSSR count). The summed E-state index contributed by atoms with van der Waals surface area (Å²) in [5.41, 5.74) is 9.98. The topological polar surface area (TPSA) is 0 Å². The molecular weight excluding hydrogens is 300 g/mol. The molecule has 0 fully saturated rings. The van der Waals surface area contributed by atoms with Gasteiger partial charge in [-0.1, -0.05) is 95.3 Å². The Morgan fingerprint density at radius 3 is 2.08 bits per heavy atom. The monoisotopic (exact) mass is 326 g/mol. The minimum absolute atomic E-state index is 0.0271. The van der Waals surface area contributed by atoms with Gasteiger partial charge in [-0.3, -0.25) is 0 Å². The Morgan fingerprint density at radius 1 is 0.680 bits per heavy atom. The van der Waals surface area contributed by atoms with Crippen LogP contribution in [0.1, 0.15) is 51.3 Å². The Morgan fingerprint density at radius 2 is 1.40 bits per heavy atom. The number of benzene rings is 3. The third kappa shape index (κ3) is 2.43. The molecule has 0 bridgehead atoms. The van der Waals surface area contributed by atoms with Gasteiger partial charge in [-0.15, -0.1) is 0 Å². The van der Waals surface area contributed by atoms with Gasteiger partial charge < -0.3 is 0 Å². The molecule has 0 unspecified atom stereocenters. The van der Waals surface area contributed by atoms with E-state index in [2.05, 4.69) is 101 Å². The lowest BCUT2D eigenvalue weighted by molar-refractivity contribution is 0.557. The standard InChI is InChI=1S/C25H26/c1-24(2,3)21-13-9-12-20-19-15-14-18(17-10-7-6-8-11-17)16-22(19)25(4,5)23(20)21/h6-16H,1-5H3. The molecule has 0 saturated carbocycles. The molecule has 0 saturated heterocycles. The highest BCUT2D eigenvalue weighted by atomic mass is 14.4. The lowest BCUT2D eigenvalue weighted by Gasteiger charge is -2.30. The minimum Gasteiger partial charge on any atom is -0.0622 e. The summed E-state index contributed by atoms with van der Waals surface area (Å²) < 4.78 is 0. The van der Waals surface area contributed by atoms with Crippen LogP contribution in [-0.4, -0.2) is 0 Å². The van der Waals surface area contributed by atoms with Crippen LogP contribution in [0.2, 0.25) is 0 Å². The first-order valence-corrected chi connectivity index (χ1v) is 9.14. The van der Waals surface area contributed by atoms with E-state index >= 15 is 0 Å². The summed E-state index contributed by atoms with van der Waals surface area (Å²) in [5, 5.41) is 0. The van der Waals surface area contributed by atoms with Crippen LogP contribution in [-0.2, 0) is 10.8 Å². The van der Waals surface area contributed by atoms with Gasteiger partial charge >= 0.3 is 0 Å². The van der Waals surface area contributed by atoms with E-state index in [1.165, 1.54) is 38.9 Å². The fourth-order valence-electron chi connectivity index (χ4n) is 4.32. The molecule has 0 amide bonds. The molecule has 0 heterocycles. The maximum atomic E-state index is 2.40. The van der Waals surface area contributed by atoms with Crippen molar-refractivity contribution < 1.29 is 0 Å². The fraction of sp³-hybridized carbons (Fsp3) is 0.280. The van der Waals surface area contributed by atoms with Crippen LogP contribution in [0.3, 0.4) is 0 Å². The van der Waals surface area contributed by atoms with Crippen LogP contribution in [0.25, 0.3) is 22.3 Å². The second-order valence-corrected chi connectivity index (χ2v) is 8.73. The Labute approximate surface area is 151 Å². The van der Waals surface area contributed by atoms with Gasteiger partial charge in [0.05, 0.1) is 0 Å². The smallest absolute Gasteiger partial charge is 0.0162 e. The van der Waals surface area contributed by atoms with Crippen LogP contribution in [0.5, 0.6) is 0 Å². The molecule has 0 heteroatoms. The first kappa shape index (κ1) is 16.1. The first-order chi connectivity index (χ1) is 11.8. The summed E-state index contributed by atoms with van der Waals surface area (Å²) >= 11 is 0. The second-order valence-electron chi connectivity index (χ2n) is 8.73. The average molecular weight is 326 g/mol. The predicted octanol–water partition coefficient (Wildman–Crippen LogP) is 6.96. The molecule has 0 radical (unpaired) electrons. The number of hydrogen-bond acceptors (Lipinski definition) is 0. The molecular formula is C25H26. The molecule has 0 aliphatic heterocycles. The average Bonchev–Trinajstić information content (AvgIpc) is 2.82. The zero-order valence-electron chi connectivity index (χ0n) is 15.9. The predicted molar refractivity (Wildman–Crippen MR) is 108 cm³/mol. The van der Waals surface area contributed by atoms with E-state index in [1.54, 1.807) is 0 Å². The van der Waals surface area contributed by atoms with Gasteiger partial charge in [0.1, 0.15) is 0 Å². The lowest BCUT2D eigenvalue weighted by atomic mass is 9.73. The van der Waals surface area contributed by atoms with Crippen molar-refractivity contribution in [1.82, 2.24) is 0 Å². The van der Waals surface area contributed by atoms with Gasteiger partial charge in [-0.05, 0) is 50.4 Å². The Balaban J connectivity index is 1.95. The summed E-state index contributed by atoms with van der Waals surface area (Å²) in [6.45, 7) is 11.7. The summed E-state index contributed by atoms with van der Waals surface area (Å²) in [4.78, 5) is 0. The van der Waals surface area contributed by atoms with Crippen LogP contribution in [0, 0.1) is 0 Å². The van der Waals surface area contributed by atoms with Crippen LogP contribution < -0.4 is 0 Å². The van der Waals surface area contributed by atoms with Crippen molar-refractivity contribution in [2.45, 2.75) is 45.4 Å². The molecule has 3 aromatic rings. The third-order valence-corrected chi connectivity index (χ3v) is 5.59. The molecule has 25 heavy (non-hydrogen) atoms. The highest BCUT2D eigenvalue weighted by molar-refractivity contribution is 5.84. The van der Waals surface area contributed by atoms with Gasteiger partial charge in [-0.2, -0.15) is 0 Å². The summed E-state index contributed by atoms with van der Waals surface area (Å²) in [5.74, 6) is 0. The lowest BCUT2D eigenvalue weighted by Crippen LogP contribution is -2.23. The molecule has 0 N–H and O–H groups in total. The van der Waals surface area contributed by atoms with Crippen molar-refractivity contribution in [2.75, 3.05) is 0 Å². The van der Waals surface area contributed by atoms with Crippen LogP contribution >= 0.6 is 0 Å². The highest BCUT2D eigenvalue weighted by Gasteiger charge is 2.39. The summed E-state index contributed by atoms with van der Waals surface area (Å²) in [6, 6.07) is 24.5. The zero-order chi connectivity index (χ0) is 17.8. The number of rotatable bonds is 1. The summed E-state index contributed by atoms with van der Waals surface area (Å²) in [7, 11) is 0.